The van der Waals surface area contributed by atoms with Crippen LogP contribution in [0.2, 0.25) is 0 Å². The van der Waals surface area contributed by atoms with Crippen LogP contribution in [0.1, 0.15) is 38.7 Å². The number of piperidine rings is 1. The third kappa shape index (κ3) is 4.46. The molecule has 0 radical (unpaired) electrons. The smallest absolute Gasteiger partial charge is 0.237 e. The molecule has 2 amide bonds. The quantitative estimate of drug-likeness (QED) is 0.854. The second kappa shape index (κ2) is 7.92. The predicted molar refractivity (Wildman–Crippen MR) is 97.8 cm³/mol. The lowest BCUT2D eigenvalue weighted by Crippen LogP contribution is -2.50. The number of nitrogens with one attached hydrogen (secondary N) is 1. The van der Waals surface area contributed by atoms with E-state index in [-0.39, 0.29) is 29.8 Å². The SMILES string of the molecule is CCNC(=O)[C@H](C)N1CCC2(CC1)CC(=O)N(Cc1cc(F)cc(F)c1)C2. The average molecular weight is 379 g/mol. The second-order valence-corrected chi connectivity index (χ2v) is 7.81. The molecule has 2 fully saturated rings. The van der Waals surface area contributed by atoms with Gasteiger partial charge < -0.3 is 10.2 Å². The molecular weight excluding hydrogens is 352 g/mol. The van der Waals surface area contributed by atoms with Gasteiger partial charge in [0.2, 0.25) is 11.8 Å². The highest BCUT2D eigenvalue weighted by molar-refractivity contribution is 5.81. The molecule has 0 aromatic heterocycles. The molecule has 2 heterocycles. The minimum atomic E-state index is -0.626. The Morgan fingerprint density at radius 3 is 2.44 bits per heavy atom. The molecule has 2 aliphatic rings. The summed E-state index contributed by atoms with van der Waals surface area (Å²) in [6.45, 7) is 6.81. The maximum Gasteiger partial charge on any atom is 0.237 e. The Labute approximate surface area is 158 Å². The lowest BCUT2D eigenvalue weighted by molar-refractivity contribution is -0.129. The van der Waals surface area contributed by atoms with Crippen LogP contribution in [0.3, 0.4) is 0 Å². The van der Waals surface area contributed by atoms with Gasteiger partial charge in [-0.1, -0.05) is 0 Å². The molecule has 1 atom stereocenters. The molecule has 0 saturated carbocycles. The van der Waals surface area contributed by atoms with Crippen molar-refractivity contribution in [2.75, 3.05) is 26.2 Å². The molecule has 1 aromatic rings. The summed E-state index contributed by atoms with van der Waals surface area (Å²) in [5.74, 6) is -1.19. The van der Waals surface area contributed by atoms with Gasteiger partial charge in [-0.3, -0.25) is 14.5 Å². The van der Waals surface area contributed by atoms with Crippen LogP contribution < -0.4 is 5.32 Å². The van der Waals surface area contributed by atoms with Gasteiger partial charge >= 0.3 is 0 Å². The van der Waals surface area contributed by atoms with Crippen molar-refractivity contribution < 1.29 is 18.4 Å². The monoisotopic (exact) mass is 379 g/mol. The molecule has 1 N–H and O–H groups in total. The van der Waals surface area contributed by atoms with E-state index in [1.165, 1.54) is 12.1 Å². The number of hydrogen-bond acceptors (Lipinski definition) is 3. The standard InChI is InChI=1S/C20H27F2N3O2/c1-3-23-19(27)14(2)24-6-4-20(5-7-24)11-18(26)25(13-20)12-15-8-16(21)10-17(22)9-15/h8-10,14H,3-7,11-13H2,1-2H3,(H,23,27)/t14-/m0/s1. The Bertz CT molecular complexity index is 697. The van der Waals surface area contributed by atoms with E-state index in [0.29, 0.717) is 25.1 Å². The van der Waals surface area contributed by atoms with Crippen molar-refractivity contribution in [1.82, 2.24) is 15.1 Å². The first-order valence-electron chi connectivity index (χ1n) is 9.56. The van der Waals surface area contributed by atoms with Crippen molar-refractivity contribution in [3.63, 3.8) is 0 Å². The molecule has 2 aliphatic heterocycles. The maximum absolute atomic E-state index is 13.4. The number of carbonyl (C=O) groups is 2. The van der Waals surface area contributed by atoms with Gasteiger partial charge in [0.05, 0.1) is 6.04 Å². The Morgan fingerprint density at radius 1 is 1.22 bits per heavy atom. The van der Waals surface area contributed by atoms with Crippen LogP contribution in [0.5, 0.6) is 0 Å². The van der Waals surface area contributed by atoms with Crippen molar-refractivity contribution in [3.8, 4) is 0 Å². The third-order valence-corrected chi connectivity index (χ3v) is 5.84. The lowest BCUT2D eigenvalue weighted by Gasteiger charge is -2.40. The Balaban J connectivity index is 1.60. The number of amides is 2. The molecular formula is C20H27F2N3O2. The first kappa shape index (κ1) is 19.7. The molecule has 0 unspecified atom stereocenters. The van der Waals surface area contributed by atoms with E-state index >= 15 is 0 Å². The van der Waals surface area contributed by atoms with E-state index in [1.54, 1.807) is 4.90 Å². The minimum Gasteiger partial charge on any atom is -0.355 e. The Hall–Kier alpha value is -2.02. The van der Waals surface area contributed by atoms with Crippen LogP contribution in [-0.4, -0.2) is 53.8 Å². The van der Waals surface area contributed by atoms with E-state index in [1.807, 2.05) is 13.8 Å². The van der Waals surface area contributed by atoms with E-state index in [4.69, 9.17) is 0 Å². The molecule has 1 spiro atoms. The van der Waals surface area contributed by atoms with Crippen molar-refractivity contribution in [2.24, 2.45) is 5.41 Å². The fourth-order valence-electron chi connectivity index (χ4n) is 4.26. The summed E-state index contributed by atoms with van der Waals surface area (Å²) >= 11 is 0. The molecule has 1 aromatic carbocycles. The van der Waals surface area contributed by atoms with Crippen LogP contribution in [0.25, 0.3) is 0 Å². The second-order valence-electron chi connectivity index (χ2n) is 7.81. The molecule has 0 bridgehead atoms. The molecule has 5 nitrogen and oxygen atoms in total. The minimum absolute atomic E-state index is 0.0323. The molecule has 27 heavy (non-hydrogen) atoms. The lowest BCUT2D eigenvalue weighted by atomic mass is 9.77. The average Bonchev–Trinajstić information content (AvgIpc) is 2.89. The number of halogens is 2. The van der Waals surface area contributed by atoms with Gasteiger partial charge in [0.1, 0.15) is 11.6 Å². The highest BCUT2D eigenvalue weighted by Gasteiger charge is 2.45. The molecule has 3 rings (SSSR count). The zero-order chi connectivity index (χ0) is 19.6. The summed E-state index contributed by atoms with van der Waals surface area (Å²) < 4.78 is 26.8. The van der Waals surface area contributed by atoms with Gasteiger partial charge in [0, 0.05) is 32.1 Å². The molecule has 2 saturated heterocycles. The first-order chi connectivity index (χ1) is 12.8. The van der Waals surface area contributed by atoms with Gasteiger partial charge in [-0.25, -0.2) is 8.78 Å². The number of likely N-dealkylation sites (tertiary alicyclic amines) is 2. The zero-order valence-corrected chi connectivity index (χ0v) is 15.9. The highest BCUT2D eigenvalue weighted by atomic mass is 19.1. The number of likely N-dealkylation sites (N-methyl/N-ethyl adjacent to an activating group) is 1. The Kier molecular flexibility index (Phi) is 5.79. The van der Waals surface area contributed by atoms with Crippen molar-refractivity contribution in [2.45, 2.75) is 45.7 Å². The van der Waals surface area contributed by atoms with E-state index in [2.05, 4.69) is 10.2 Å². The summed E-state index contributed by atoms with van der Waals surface area (Å²) in [5, 5.41) is 2.85. The first-order valence-corrected chi connectivity index (χ1v) is 9.56. The van der Waals surface area contributed by atoms with Crippen LogP contribution in [-0.2, 0) is 16.1 Å². The van der Waals surface area contributed by atoms with Crippen LogP contribution >= 0.6 is 0 Å². The van der Waals surface area contributed by atoms with Crippen molar-refractivity contribution in [3.05, 3.63) is 35.4 Å². The van der Waals surface area contributed by atoms with Crippen LogP contribution in [0, 0.1) is 17.0 Å². The number of nitrogens with zero attached hydrogens (tertiary/aromatic N) is 2. The van der Waals surface area contributed by atoms with Gasteiger partial charge in [0.15, 0.2) is 0 Å². The summed E-state index contributed by atoms with van der Waals surface area (Å²) in [5.41, 5.74) is 0.376. The van der Waals surface area contributed by atoms with E-state index < -0.39 is 11.6 Å². The summed E-state index contributed by atoms with van der Waals surface area (Å²) in [6.07, 6.45) is 2.15. The van der Waals surface area contributed by atoms with Gasteiger partial charge in [-0.15, -0.1) is 0 Å². The predicted octanol–water partition coefficient (Wildman–Crippen LogP) is 2.30. The number of rotatable bonds is 5. The summed E-state index contributed by atoms with van der Waals surface area (Å²) in [4.78, 5) is 28.4. The fourth-order valence-corrected chi connectivity index (χ4v) is 4.26. The van der Waals surface area contributed by atoms with Gasteiger partial charge in [0.25, 0.3) is 0 Å². The summed E-state index contributed by atoms with van der Waals surface area (Å²) in [7, 11) is 0. The van der Waals surface area contributed by atoms with E-state index in [0.717, 1.165) is 32.0 Å². The van der Waals surface area contributed by atoms with Crippen LogP contribution in [0.15, 0.2) is 18.2 Å². The highest BCUT2D eigenvalue weighted by Crippen LogP contribution is 2.41. The maximum atomic E-state index is 13.4. The largest absolute Gasteiger partial charge is 0.355 e. The van der Waals surface area contributed by atoms with Gasteiger partial charge in [-0.05, 0) is 62.9 Å². The molecule has 148 valence electrons. The molecule has 0 aliphatic carbocycles. The number of benzene rings is 1. The Morgan fingerprint density at radius 2 is 1.85 bits per heavy atom. The van der Waals surface area contributed by atoms with Crippen LogP contribution in [0.4, 0.5) is 8.78 Å². The van der Waals surface area contributed by atoms with E-state index in [9.17, 15) is 18.4 Å². The number of hydrogen-bond donors (Lipinski definition) is 1. The summed E-state index contributed by atoms with van der Waals surface area (Å²) in [6, 6.07) is 3.21. The molecule has 7 heteroatoms. The zero-order valence-electron chi connectivity index (χ0n) is 15.9. The normalized spacial score (nSPS) is 20.9. The van der Waals surface area contributed by atoms with Crippen molar-refractivity contribution in [1.29, 1.82) is 0 Å². The number of carbonyl (C=O) groups excluding carboxylic acids is 2. The van der Waals surface area contributed by atoms with Gasteiger partial charge in [-0.2, -0.15) is 0 Å². The van der Waals surface area contributed by atoms with Crippen molar-refractivity contribution >= 4 is 11.8 Å². The third-order valence-electron chi connectivity index (χ3n) is 5.84. The topological polar surface area (TPSA) is 52.7 Å². The fraction of sp³-hybridized carbons (Fsp3) is 0.600.